The fourth-order valence-corrected chi connectivity index (χ4v) is 13.3. The van der Waals surface area contributed by atoms with Gasteiger partial charge in [-0.25, -0.2) is 0 Å². The summed E-state index contributed by atoms with van der Waals surface area (Å²) in [5.41, 5.74) is 5.62. The fourth-order valence-electron chi connectivity index (χ4n) is 8.41. The molecule has 0 aliphatic rings. The van der Waals surface area contributed by atoms with Gasteiger partial charge in [-0.1, -0.05) is 36.4 Å². The number of nitrogens with zero attached hydrogens (tertiary/aromatic N) is 3. The number of fused-ring (bicyclic) bond motifs is 13. The van der Waals surface area contributed by atoms with Crippen LogP contribution in [0, 0.1) is 0 Å². The summed E-state index contributed by atoms with van der Waals surface area (Å²) >= 11 is 3.79. The monoisotopic (exact) mass is 747 g/mol. The van der Waals surface area contributed by atoms with Gasteiger partial charge in [-0.3, -0.25) is 0 Å². The summed E-state index contributed by atoms with van der Waals surface area (Å²) in [5, 5.41) is 12.6. The molecule has 0 fully saturated rings. The second-order valence-corrected chi connectivity index (χ2v) is 19.7. The van der Waals surface area contributed by atoms with Crippen LogP contribution in [0.25, 0.3) is 76.6 Å². The van der Waals surface area contributed by atoms with E-state index < -0.39 is 5.51 Å². The Morgan fingerprint density at radius 1 is 0.423 bits per heavy atom. The summed E-state index contributed by atoms with van der Waals surface area (Å²) in [7, 11) is 0. The van der Waals surface area contributed by atoms with Crippen LogP contribution in [0.2, 0.25) is 0 Å². The Hall–Kier alpha value is -5.76. The average molecular weight is 747 g/mol. The van der Waals surface area contributed by atoms with Gasteiger partial charge in [0.05, 0.1) is 0 Å². The van der Waals surface area contributed by atoms with Crippen molar-refractivity contribution in [3.05, 3.63) is 182 Å². The van der Waals surface area contributed by atoms with Crippen molar-refractivity contribution in [2.45, 2.75) is 0 Å². The number of aromatic nitrogens is 3. The molecule has 0 N–H and O–H groups in total. The van der Waals surface area contributed by atoms with Gasteiger partial charge >= 0.3 is 273 Å². The summed E-state index contributed by atoms with van der Waals surface area (Å²) in [5.74, 6) is 0. The molecule has 8 aromatic carbocycles. The molecule has 0 saturated carbocycles. The number of pyridine rings is 1. The number of hydrogen-bond donors (Lipinski definition) is 0. The number of para-hydroxylation sites is 2. The zero-order valence-corrected chi connectivity index (χ0v) is 30.6. The Balaban J connectivity index is 1.27. The molecule has 3 nitrogen and oxygen atoms in total. The zero-order chi connectivity index (χ0) is 34.4. The molecule has 0 unspecified atom stereocenters. The fraction of sp³-hybridized carbons (Fsp3) is 0. The third-order valence-corrected chi connectivity index (χ3v) is 17.8. The maximum absolute atomic E-state index is 5.37. The number of benzene rings is 8. The van der Waals surface area contributed by atoms with Gasteiger partial charge in [0.1, 0.15) is 0 Å². The average Bonchev–Trinajstić information content (AvgIpc) is 3.77. The van der Waals surface area contributed by atoms with Gasteiger partial charge in [-0.2, -0.15) is 0 Å². The van der Waals surface area contributed by atoms with Crippen molar-refractivity contribution in [3.63, 3.8) is 0 Å². The summed E-state index contributed by atoms with van der Waals surface area (Å²) < 4.78 is 4.79. The van der Waals surface area contributed by atoms with E-state index in [2.05, 4.69) is 206 Å². The van der Waals surface area contributed by atoms with Crippen molar-refractivity contribution in [1.82, 2.24) is 14.0 Å². The summed E-state index contributed by atoms with van der Waals surface area (Å²) in [4.78, 5) is 5.37. The van der Waals surface area contributed by atoms with Gasteiger partial charge in [-0.15, -0.1) is 0 Å². The molecular formula is C47H30N3PSe. The van der Waals surface area contributed by atoms with Crippen molar-refractivity contribution in [2.75, 3.05) is 0 Å². The first-order valence-electron chi connectivity index (χ1n) is 17.6. The normalized spacial score (nSPS) is 12.3. The molecule has 11 aromatic rings. The van der Waals surface area contributed by atoms with Gasteiger partial charge in [0.25, 0.3) is 0 Å². The van der Waals surface area contributed by atoms with E-state index in [9.17, 15) is 0 Å². The van der Waals surface area contributed by atoms with E-state index >= 15 is 0 Å². The molecule has 52 heavy (non-hydrogen) atoms. The minimum absolute atomic E-state index is 0.977. The summed E-state index contributed by atoms with van der Waals surface area (Å²) in [6.07, 6.45) is 0. The third kappa shape index (κ3) is 4.21. The molecule has 3 heterocycles. The molecule has 244 valence electrons. The maximum atomic E-state index is 5.37. The van der Waals surface area contributed by atoms with E-state index in [0.717, 1.165) is 33.3 Å². The first-order chi connectivity index (χ1) is 25.7. The molecule has 0 aliphatic heterocycles. The van der Waals surface area contributed by atoms with Crippen LogP contribution in [0.1, 0.15) is 0 Å². The number of hydrogen-bond acceptors (Lipinski definition) is 1. The van der Waals surface area contributed by atoms with Gasteiger partial charge in [0.2, 0.25) is 0 Å². The van der Waals surface area contributed by atoms with Crippen molar-refractivity contribution < 1.29 is 0 Å². The molecule has 0 aliphatic carbocycles. The molecule has 11 rings (SSSR count). The Labute approximate surface area is 307 Å². The molecule has 0 amide bonds. The molecule has 0 bridgehead atoms. The van der Waals surface area contributed by atoms with Crippen LogP contribution in [0.3, 0.4) is 0 Å². The molecular weight excluding hydrogens is 716 g/mol. The molecule has 0 atom stereocenters. The van der Waals surface area contributed by atoms with Crippen LogP contribution < -0.4 is 15.9 Å². The van der Waals surface area contributed by atoms with Crippen LogP contribution in [0.15, 0.2) is 182 Å². The van der Waals surface area contributed by atoms with E-state index in [4.69, 9.17) is 4.98 Å². The number of rotatable bonds is 4. The zero-order valence-electron chi connectivity index (χ0n) is 28.0. The Morgan fingerprint density at radius 2 is 1.04 bits per heavy atom. The van der Waals surface area contributed by atoms with Crippen LogP contribution in [0.5, 0.6) is 0 Å². The van der Waals surface area contributed by atoms with Gasteiger partial charge in [-0.05, 0) is 0 Å². The van der Waals surface area contributed by atoms with Crippen molar-refractivity contribution in [3.8, 4) is 5.69 Å². The predicted molar refractivity (Wildman–Crippen MR) is 224 cm³/mol. The molecule has 5 heteroatoms. The van der Waals surface area contributed by atoms with Crippen molar-refractivity contribution in [1.29, 1.82) is 0 Å². The predicted octanol–water partition coefficient (Wildman–Crippen LogP) is 10.4. The van der Waals surface area contributed by atoms with Gasteiger partial charge in [0, 0.05) is 0 Å². The Kier molecular flexibility index (Phi) is 6.54. The number of imidazole rings is 1. The molecule has 0 saturated heterocycles. The van der Waals surface area contributed by atoms with Crippen LogP contribution in [-0.2, 0) is 0 Å². The van der Waals surface area contributed by atoms with Crippen LogP contribution in [-0.4, -0.2) is 29.0 Å². The molecule has 0 radical (unpaired) electrons. The van der Waals surface area contributed by atoms with Gasteiger partial charge < -0.3 is 0 Å². The van der Waals surface area contributed by atoms with E-state index in [1.54, 1.807) is 0 Å². The summed E-state index contributed by atoms with van der Waals surface area (Å²) in [6.45, 7) is 0. The van der Waals surface area contributed by atoms with Crippen LogP contribution >= 0.6 is 5.51 Å². The van der Waals surface area contributed by atoms with Crippen LogP contribution in [0.4, 0.5) is 0 Å². The SMILES string of the molecule is [Se]=P(c1ccccc1)(c1ccccc1)c1ccc2c(c1)c1c3ccccc3ccc1c1nc3ccc(-n4c5ccccc5c5ccccc54)cc3n21. The molecule has 3 aromatic heterocycles. The quantitative estimate of drug-likeness (QED) is 0.0999. The topological polar surface area (TPSA) is 22.2 Å². The van der Waals surface area contributed by atoms with E-state index in [1.165, 1.54) is 59.3 Å². The second kappa shape index (κ2) is 11.4. The van der Waals surface area contributed by atoms with Crippen molar-refractivity contribution in [2.24, 2.45) is 0 Å². The summed E-state index contributed by atoms with van der Waals surface area (Å²) in [6, 6.07) is 66.5. The van der Waals surface area contributed by atoms with E-state index in [1.807, 2.05) is 0 Å². The van der Waals surface area contributed by atoms with Gasteiger partial charge in [0.15, 0.2) is 0 Å². The Bertz CT molecular complexity index is 3170. The standard InChI is InChI=1S/C47H30N3PSe/c52-51(33-14-3-1-4-15-33,34-16-5-2-6-17-34)35-25-28-44-40(30-35)46-36-18-8-7-13-31(36)23-26-39(46)47-48-41-27-24-32(29-45(41)50(44)47)49-42-21-11-9-19-37(42)38-20-10-12-22-43(38)49/h1-30H. The second-order valence-electron chi connectivity index (χ2n) is 13.5. The third-order valence-electron chi connectivity index (χ3n) is 10.7. The molecule has 0 spiro atoms. The first-order valence-corrected chi connectivity index (χ1v) is 21.6. The Morgan fingerprint density at radius 3 is 1.73 bits per heavy atom. The first kappa shape index (κ1) is 29.9. The van der Waals surface area contributed by atoms with E-state index in [0.29, 0.717) is 0 Å². The van der Waals surface area contributed by atoms with E-state index in [-0.39, 0.29) is 0 Å². The van der Waals surface area contributed by atoms with Crippen molar-refractivity contribution >= 4 is 107 Å². The minimum atomic E-state index is -2.10.